The largest absolute Gasteiger partial charge is 0.466 e. The van der Waals surface area contributed by atoms with Gasteiger partial charge in [-0.2, -0.15) is 13.2 Å². The Labute approximate surface area is 175 Å². The first-order valence-electron chi connectivity index (χ1n) is 10.2. The molecule has 1 aromatic carbocycles. The van der Waals surface area contributed by atoms with Gasteiger partial charge < -0.3 is 20.1 Å². The van der Waals surface area contributed by atoms with E-state index >= 15 is 0 Å². The first kappa shape index (κ1) is 24.0. The molecule has 0 aliphatic heterocycles. The molecule has 1 aromatic rings. The Morgan fingerprint density at radius 2 is 1.90 bits per heavy atom. The number of carbonyl (C=O) groups is 1. The van der Waals surface area contributed by atoms with Crippen molar-refractivity contribution >= 4 is 11.9 Å². The molecule has 0 amide bonds. The molecule has 168 valence electrons. The second-order valence-corrected chi connectivity index (χ2v) is 7.30. The van der Waals surface area contributed by atoms with Gasteiger partial charge in [-0.3, -0.25) is 9.79 Å². The zero-order chi connectivity index (χ0) is 22.0. The number of ether oxygens (including phenoxy) is 2. The van der Waals surface area contributed by atoms with Gasteiger partial charge >= 0.3 is 12.1 Å². The number of alkyl halides is 3. The third kappa shape index (κ3) is 8.61. The molecule has 0 aromatic heterocycles. The van der Waals surface area contributed by atoms with Crippen molar-refractivity contribution in [3.63, 3.8) is 0 Å². The van der Waals surface area contributed by atoms with Crippen LogP contribution < -0.4 is 10.6 Å². The van der Waals surface area contributed by atoms with Gasteiger partial charge in [-0.25, -0.2) is 0 Å². The van der Waals surface area contributed by atoms with Crippen molar-refractivity contribution < 1.29 is 27.4 Å². The van der Waals surface area contributed by atoms with Gasteiger partial charge in [-0.15, -0.1) is 0 Å². The minimum Gasteiger partial charge on any atom is -0.466 e. The van der Waals surface area contributed by atoms with E-state index in [9.17, 15) is 18.0 Å². The van der Waals surface area contributed by atoms with Gasteiger partial charge in [0.25, 0.3) is 0 Å². The number of carbonyl (C=O) groups excluding carboxylic acids is 1. The highest BCUT2D eigenvalue weighted by atomic mass is 19.4. The smallest absolute Gasteiger partial charge is 0.411 e. The molecule has 1 saturated carbocycles. The van der Waals surface area contributed by atoms with Crippen molar-refractivity contribution in [2.75, 3.05) is 20.3 Å². The maximum atomic E-state index is 12.2. The van der Waals surface area contributed by atoms with Crippen LogP contribution in [0.2, 0.25) is 0 Å². The molecule has 6 nitrogen and oxygen atoms in total. The summed E-state index contributed by atoms with van der Waals surface area (Å²) in [6, 6.07) is 7.44. The van der Waals surface area contributed by atoms with Crippen molar-refractivity contribution in [2.24, 2.45) is 10.9 Å². The maximum Gasteiger partial charge on any atom is 0.411 e. The van der Waals surface area contributed by atoms with Crippen molar-refractivity contribution in [3.05, 3.63) is 35.4 Å². The predicted octanol–water partition coefficient (Wildman–Crippen LogP) is 3.55. The predicted molar refractivity (Wildman–Crippen MR) is 108 cm³/mol. The van der Waals surface area contributed by atoms with E-state index in [-0.39, 0.29) is 24.5 Å². The number of benzene rings is 1. The van der Waals surface area contributed by atoms with E-state index in [1.54, 1.807) is 25.2 Å². The summed E-state index contributed by atoms with van der Waals surface area (Å²) in [5.41, 5.74) is 1.59. The summed E-state index contributed by atoms with van der Waals surface area (Å²) < 4.78 is 46.4. The average molecular weight is 429 g/mol. The van der Waals surface area contributed by atoms with Gasteiger partial charge in [-0.05, 0) is 43.7 Å². The van der Waals surface area contributed by atoms with Gasteiger partial charge in [0, 0.05) is 19.6 Å². The lowest BCUT2D eigenvalue weighted by molar-refractivity contribution is -0.176. The van der Waals surface area contributed by atoms with Gasteiger partial charge in [0.2, 0.25) is 0 Å². The van der Waals surface area contributed by atoms with Gasteiger partial charge in [-0.1, -0.05) is 24.3 Å². The number of aliphatic imine (C=N–C) groups is 1. The van der Waals surface area contributed by atoms with E-state index in [0.29, 0.717) is 24.7 Å². The Bertz CT molecular complexity index is 702. The van der Waals surface area contributed by atoms with Crippen LogP contribution >= 0.6 is 0 Å². The van der Waals surface area contributed by atoms with Crippen LogP contribution in [0.1, 0.15) is 43.7 Å². The molecule has 0 bridgehead atoms. The summed E-state index contributed by atoms with van der Waals surface area (Å²) in [7, 11) is 1.68. The quantitative estimate of drug-likeness (QED) is 0.376. The average Bonchev–Trinajstić information content (AvgIpc) is 2.71. The van der Waals surface area contributed by atoms with Crippen LogP contribution in [0.4, 0.5) is 13.2 Å². The Morgan fingerprint density at radius 1 is 1.20 bits per heavy atom. The van der Waals surface area contributed by atoms with Crippen molar-refractivity contribution in [3.8, 4) is 0 Å². The monoisotopic (exact) mass is 429 g/mol. The second kappa shape index (κ2) is 11.8. The Hall–Kier alpha value is -2.29. The molecule has 0 atom stereocenters. The molecule has 0 spiro atoms. The van der Waals surface area contributed by atoms with Crippen LogP contribution in [-0.2, 0) is 27.4 Å². The normalized spacial score (nSPS) is 20.0. The molecule has 0 heterocycles. The van der Waals surface area contributed by atoms with Crippen molar-refractivity contribution in [2.45, 2.75) is 58.0 Å². The Morgan fingerprint density at radius 3 is 2.53 bits per heavy atom. The zero-order valence-corrected chi connectivity index (χ0v) is 17.4. The lowest BCUT2D eigenvalue weighted by Crippen LogP contribution is -2.45. The van der Waals surface area contributed by atoms with Gasteiger partial charge in [0.15, 0.2) is 5.96 Å². The van der Waals surface area contributed by atoms with Crippen LogP contribution in [-0.4, -0.2) is 44.4 Å². The summed E-state index contributed by atoms with van der Waals surface area (Å²) >= 11 is 0. The number of nitrogens with zero attached hydrogens (tertiary/aromatic N) is 1. The van der Waals surface area contributed by atoms with E-state index in [1.807, 2.05) is 13.0 Å². The van der Waals surface area contributed by atoms with E-state index in [4.69, 9.17) is 9.47 Å². The molecular formula is C21H30F3N3O3. The fraction of sp³-hybridized carbons (Fsp3) is 0.619. The highest BCUT2D eigenvalue weighted by molar-refractivity contribution is 5.80. The summed E-state index contributed by atoms with van der Waals surface area (Å²) in [5, 5.41) is 6.59. The number of nitrogens with one attached hydrogen (secondary N) is 2. The molecule has 1 aliphatic carbocycles. The molecule has 1 aliphatic rings. The number of hydrogen-bond donors (Lipinski definition) is 2. The standard InChI is InChI=1S/C21H30F3N3O3/c1-3-30-19(28)17-7-9-18(10-8-17)27-20(25-2)26-12-15-5-4-6-16(11-15)13-29-14-21(22,23)24/h4-6,11,17-18H,3,7-10,12-14H2,1-2H3,(H2,25,26,27). The molecule has 9 heteroatoms. The molecule has 0 saturated heterocycles. The number of esters is 1. The minimum atomic E-state index is -4.33. The zero-order valence-electron chi connectivity index (χ0n) is 17.4. The highest BCUT2D eigenvalue weighted by Crippen LogP contribution is 2.25. The molecular weight excluding hydrogens is 399 g/mol. The number of guanidine groups is 1. The first-order valence-corrected chi connectivity index (χ1v) is 10.2. The van der Waals surface area contributed by atoms with E-state index < -0.39 is 12.8 Å². The number of rotatable bonds is 8. The van der Waals surface area contributed by atoms with Crippen molar-refractivity contribution in [1.82, 2.24) is 10.6 Å². The molecule has 30 heavy (non-hydrogen) atoms. The fourth-order valence-corrected chi connectivity index (χ4v) is 3.42. The van der Waals surface area contributed by atoms with Crippen LogP contribution in [0.25, 0.3) is 0 Å². The van der Waals surface area contributed by atoms with Gasteiger partial charge in [0.05, 0.1) is 19.1 Å². The summed E-state index contributed by atoms with van der Waals surface area (Å²) in [6.07, 6.45) is -1.04. The molecule has 2 N–H and O–H groups in total. The lowest BCUT2D eigenvalue weighted by Gasteiger charge is -2.29. The molecule has 0 radical (unpaired) electrons. The number of halogens is 3. The fourth-order valence-electron chi connectivity index (χ4n) is 3.42. The first-order chi connectivity index (χ1) is 14.3. The summed E-state index contributed by atoms with van der Waals surface area (Å²) in [5.74, 6) is 0.506. The minimum absolute atomic E-state index is 0.0275. The molecule has 0 unspecified atom stereocenters. The third-order valence-electron chi connectivity index (χ3n) is 4.90. The van der Waals surface area contributed by atoms with Gasteiger partial charge in [0.1, 0.15) is 6.61 Å². The van der Waals surface area contributed by atoms with E-state index in [2.05, 4.69) is 15.6 Å². The molecule has 1 fully saturated rings. The molecule has 2 rings (SSSR count). The lowest BCUT2D eigenvalue weighted by atomic mass is 9.86. The van der Waals surface area contributed by atoms with E-state index in [0.717, 1.165) is 31.2 Å². The van der Waals surface area contributed by atoms with Crippen LogP contribution in [0.5, 0.6) is 0 Å². The maximum absolute atomic E-state index is 12.2. The SMILES string of the molecule is CCOC(=O)C1CCC(NC(=NC)NCc2cccc(COCC(F)(F)F)c2)CC1. The highest BCUT2D eigenvalue weighted by Gasteiger charge is 2.28. The van der Waals surface area contributed by atoms with Crippen LogP contribution in [0, 0.1) is 5.92 Å². The van der Waals surface area contributed by atoms with Crippen LogP contribution in [0.15, 0.2) is 29.3 Å². The summed E-state index contributed by atoms with van der Waals surface area (Å²) in [4.78, 5) is 16.1. The number of hydrogen-bond acceptors (Lipinski definition) is 4. The topological polar surface area (TPSA) is 72.0 Å². The van der Waals surface area contributed by atoms with Crippen LogP contribution in [0.3, 0.4) is 0 Å². The van der Waals surface area contributed by atoms with Crippen molar-refractivity contribution in [1.29, 1.82) is 0 Å². The third-order valence-corrected chi connectivity index (χ3v) is 4.90. The Kier molecular flexibility index (Phi) is 9.42. The summed E-state index contributed by atoms with van der Waals surface area (Å²) in [6.45, 7) is 1.34. The Balaban J connectivity index is 1.77. The van der Waals surface area contributed by atoms with E-state index in [1.165, 1.54) is 0 Å². The second-order valence-electron chi connectivity index (χ2n) is 7.30.